The van der Waals surface area contributed by atoms with Gasteiger partial charge in [0, 0.05) is 18.0 Å². The Bertz CT molecular complexity index is 1200. The van der Waals surface area contributed by atoms with Gasteiger partial charge in [-0.05, 0) is 67.4 Å². The lowest BCUT2D eigenvalue weighted by molar-refractivity contribution is -0.154. The molecule has 1 aromatic heterocycles. The van der Waals surface area contributed by atoms with Crippen molar-refractivity contribution in [2.24, 2.45) is 5.41 Å². The van der Waals surface area contributed by atoms with Gasteiger partial charge < -0.3 is 24.4 Å². The third kappa shape index (κ3) is 6.59. The molecule has 0 spiro atoms. The summed E-state index contributed by atoms with van der Waals surface area (Å²) in [5, 5.41) is 4.19. The summed E-state index contributed by atoms with van der Waals surface area (Å²) < 4.78 is 17.3. The summed E-state index contributed by atoms with van der Waals surface area (Å²) in [5.41, 5.74) is 0.522. The Morgan fingerprint density at radius 2 is 2.00 bits per heavy atom. The zero-order valence-electron chi connectivity index (χ0n) is 23.4. The van der Waals surface area contributed by atoms with Crippen molar-refractivity contribution in [1.29, 1.82) is 0 Å². The number of carbonyl (C=O) groups is 3. The minimum Gasteiger partial charge on any atom is -0.471 e. The molecule has 0 radical (unpaired) electrons. The van der Waals surface area contributed by atoms with Crippen LogP contribution in [0.1, 0.15) is 58.9 Å². The molecule has 39 heavy (non-hydrogen) atoms. The fraction of sp³-hybridized carbons (Fsp3) is 0.586. The Hall–Kier alpha value is -3.01. The number of pyridine rings is 1. The van der Waals surface area contributed by atoms with Crippen molar-refractivity contribution in [2.45, 2.75) is 83.4 Å². The number of cyclic esters (lactones) is 1. The fourth-order valence-electron chi connectivity index (χ4n) is 5.22. The Balaban J connectivity index is 1.78. The minimum absolute atomic E-state index is 0.188. The molecule has 1 fully saturated rings. The van der Waals surface area contributed by atoms with Gasteiger partial charge in [0.15, 0.2) is 0 Å². The van der Waals surface area contributed by atoms with Crippen LogP contribution in [-0.4, -0.2) is 70.9 Å². The van der Waals surface area contributed by atoms with Crippen molar-refractivity contribution in [1.82, 2.24) is 15.2 Å². The summed E-state index contributed by atoms with van der Waals surface area (Å²) in [6, 6.07) is 6.44. The molecule has 4 bridgehead atoms. The van der Waals surface area contributed by atoms with Crippen LogP contribution in [0, 0.1) is 5.41 Å². The maximum Gasteiger partial charge on any atom is 0.407 e. The normalized spacial score (nSPS) is 24.9. The van der Waals surface area contributed by atoms with E-state index >= 15 is 0 Å². The van der Waals surface area contributed by atoms with E-state index in [9.17, 15) is 14.4 Å². The molecule has 0 saturated carbocycles. The van der Waals surface area contributed by atoms with Crippen LogP contribution in [0.4, 0.5) is 4.79 Å². The molecule has 0 aliphatic carbocycles. The van der Waals surface area contributed by atoms with Crippen LogP contribution >= 0.6 is 11.8 Å². The van der Waals surface area contributed by atoms with Gasteiger partial charge in [0.05, 0.1) is 13.2 Å². The molecule has 3 heterocycles. The van der Waals surface area contributed by atoms with Crippen LogP contribution in [0.25, 0.3) is 10.8 Å². The first-order chi connectivity index (χ1) is 18.6. The topological polar surface area (TPSA) is 107 Å². The molecular formula is C29H39N3O6S. The lowest BCUT2D eigenvalue weighted by Gasteiger charge is -2.37. The number of aromatic nitrogens is 1. The van der Waals surface area contributed by atoms with Gasteiger partial charge in [-0.2, -0.15) is 0 Å². The number of rotatable bonds is 3. The van der Waals surface area contributed by atoms with E-state index in [4.69, 9.17) is 14.2 Å². The number of alkyl carbamates (subject to hydrolysis) is 1. The number of amides is 2. The molecule has 4 rings (SSSR count). The molecule has 10 heteroatoms. The Labute approximate surface area is 234 Å². The minimum atomic E-state index is -0.924. The van der Waals surface area contributed by atoms with Crippen molar-refractivity contribution in [3.8, 4) is 5.88 Å². The van der Waals surface area contributed by atoms with E-state index in [0.717, 1.165) is 36.5 Å². The number of nitrogens with zero attached hydrogens (tertiary/aromatic N) is 2. The van der Waals surface area contributed by atoms with Gasteiger partial charge in [0.1, 0.15) is 23.6 Å². The molecule has 1 saturated heterocycles. The maximum atomic E-state index is 14.2. The van der Waals surface area contributed by atoms with E-state index in [0.29, 0.717) is 5.88 Å². The van der Waals surface area contributed by atoms with Gasteiger partial charge in [0.2, 0.25) is 11.8 Å². The Kier molecular flexibility index (Phi) is 9.25. The number of hydrogen-bond acceptors (Lipinski definition) is 8. The van der Waals surface area contributed by atoms with Gasteiger partial charge in [0.25, 0.3) is 0 Å². The van der Waals surface area contributed by atoms with Crippen molar-refractivity contribution in [3.05, 3.63) is 36.0 Å². The smallest absolute Gasteiger partial charge is 0.407 e. The maximum absolute atomic E-state index is 14.2. The number of fused-ring (bicyclic) bond motifs is 3. The molecule has 9 nitrogen and oxygen atoms in total. The molecular weight excluding hydrogens is 518 g/mol. The summed E-state index contributed by atoms with van der Waals surface area (Å²) in [6.07, 6.45) is 6.12. The SMILES string of the molecule is CCOC(=O)[C@@H]1C[C@@H]2Oc3nccc4ccc(cc34)CCCCCOC(=O)N[C@@H](C(C)(C)C)C(=O)N1[C@@H]2SC. The van der Waals surface area contributed by atoms with E-state index in [1.807, 2.05) is 33.1 Å². The quantitative estimate of drug-likeness (QED) is 0.541. The van der Waals surface area contributed by atoms with E-state index < -0.39 is 41.0 Å². The molecule has 2 amide bonds. The Morgan fingerprint density at radius 1 is 1.21 bits per heavy atom. The molecule has 2 aromatic rings. The fourth-order valence-corrected chi connectivity index (χ4v) is 6.17. The average Bonchev–Trinajstić information content (AvgIpc) is 3.26. The largest absolute Gasteiger partial charge is 0.471 e. The number of aryl methyl sites for hydroxylation is 1. The second-order valence-corrected chi connectivity index (χ2v) is 12.0. The van der Waals surface area contributed by atoms with Crippen molar-refractivity contribution in [2.75, 3.05) is 19.5 Å². The first-order valence-electron chi connectivity index (χ1n) is 13.6. The van der Waals surface area contributed by atoms with Crippen LogP contribution in [0.3, 0.4) is 0 Å². The molecule has 212 valence electrons. The summed E-state index contributed by atoms with van der Waals surface area (Å²) in [4.78, 5) is 46.1. The van der Waals surface area contributed by atoms with Gasteiger partial charge in [-0.1, -0.05) is 32.9 Å². The third-order valence-electron chi connectivity index (χ3n) is 7.21. The molecule has 1 aromatic carbocycles. The highest BCUT2D eigenvalue weighted by Gasteiger charge is 2.52. The van der Waals surface area contributed by atoms with Crippen LogP contribution in [0.5, 0.6) is 5.88 Å². The second-order valence-electron chi connectivity index (χ2n) is 11.1. The van der Waals surface area contributed by atoms with Gasteiger partial charge in [-0.25, -0.2) is 14.6 Å². The number of hydrogen-bond donors (Lipinski definition) is 1. The summed E-state index contributed by atoms with van der Waals surface area (Å²) in [5.74, 6) is -0.395. The predicted octanol–water partition coefficient (Wildman–Crippen LogP) is 4.70. The first-order valence-corrected chi connectivity index (χ1v) is 14.9. The van der Waals surface area contributed by atoms with Crippen molar-refractivity contribution < 1.29 is 28.6 Å². The standard InChI is InChI=1S/C29H39N3O6S/c1-6-36-27(34)21-17-22-26(39-5)32(21)25(33)23(29(2,3)4)31-28(35)37-15-9-7-8-10-18-11-12-19-13-14-30-24(38-22)20(19)16-18/h11-14,16,21-23,26H,6-10,15,17H2,1-5H3,(H,31,35)/t21-,22-,23+,26+/m0/s1. The number of thioether (sulfide) groups is 1. The average molecular weight is 558 g/mol. The van der Waals surface area contributed by atoms with Crippen LogP contribution in [0.15, 0.2) is 30.5 Å². The van der Waals surface area contributed by atoms with Crippen molar-refractivity contribution >= 4 is 40.5 Å². The molecule has 2 aliphatic rings. The van der Waals surface area contributed by atoms with Gasteiger partial charge in [-0.3, -0.25) is 4.79 Å². The molecule has 2 aliphatic heterocycles. The van der Waals surface area contributed by atoms with Crippen LogP contribution in [0.2, 0.25) is 0 Å². The zero-order chi connectivity index (χ0) is 28.2. The lowest BCUT2D eigenvalue weighted by Crippen LogP contribution is -2.58. The summed E-state index contributed by atoms with van der Waals surface area (Å²) in [7, 11) is 0. The third-order valence-corrected chi connectivity index (χ3v) is 8.23. The zero-order valence-corrected chi connectivity index (χ0v) is 24.2. The summed E-state index contributed by atoms with van der Waals surface area (Å²) >= 11 is 1.42. The van der Waals surface area contributed by atoms with E-state index in [-0.39, 0.29) is 25.5 Å². The highest BCUT2D eigenvalue weighted by molar-refractivity contribution is 7.99. The van der Waals surface area contributed by atoms with E-state index in [1.165, 1.54) is 22.2 Å². The number of ether oxygens (including phenoxy) is 3. The summed E-state index contributed by atoms with van der Waals surface area (Å²) in [6.45, 7) is 7.80. The Morgan fingerprint density at radius 3 is 2.72 bits per heavy atom. The van der Waals surface area contributed by atoms with E-state index in [1.54, 1.807) is 13.1 Å². The van der Waals surface area contributed by atoms with Crippen molar-refractivity contribution in [3.63, 3.8) is 0 Å². The first kappa shape index (κ1) is 29.0. The van der Waals surface area contributed by atoms with Gasteiger partial charge >= 0.3 is 12.1 Å². The van der Waals surface area contributed by atoms with Crippen LogP contribution < -0.4 is 10.1 Å². The molecule has 0 unspecified atom stereocenters. The van der Waals surface area contributed by atoms with Crippen LogP contribution in [-0.2, 0) is 25.5 Å². The lowest BCUT2D eigenvalue weighted by atomic mass is 9.85. The monoisotopic (exact) mass is 557 g/mol. The molecule has 1 N–H and O–H groups in total. The molecule has 4 atom stereocenters. The highest BCUT2D eigenvalue weighted by Crippen LogP contribution is 2.38. The number of esters is 1. The number of benzene rings is 1. The highest BCUT2D eigenvalue weighted by atomic mass is 32.2. The number of carbonyl (C=O) groups excluding carboxylic acids is 3. The second kappa shape index (κ2) is 12.4. The predicted molar refractivity (Wildman–Crippen MR) is 151 cm³/mol. The number of nitrogens with one attached hydrogen (secondary N) is 1. The van der Waals surface area contributed by atoms with E-state index in [2.05, 4.69) is 28.5 Å². The van der Waals surface area contributed by atoms with Gasteiger partial charge in [-0.15, -0.1) is 11.8 Å².